The third-order valence-electron chi connectivity index (χ3n) is 4.97. The molecule has 1 fully saturated rings. The number of likely N-dealkylation sites (N-methyl/N-ethyl adjacent to an activating group) is 1. The second kappa shape index (κ2) is 11.0. The highest BCUT2D eigenvalue weighted by molar-refractivity contribution is 9.11. The predicted molar refractivity (Wildman–Crippen MR) is 146 cm³/mol. The minimum atomic E-state index is -1.04. The number of carboxylic acids is 1. The summed E-state index contributed by atoms with van der Waals surface area (Å²) in [5.41, 5.74) is 2.24. The van der Waals surface area contributed by atoms with Crippen LogP contribution in [0.3, 0.4) is 0 Å². The van der Waals surface area contributed by atoms with Crippen LogP contribution in [0.5, 0.6) is 5.75 Å². The fraction of sp³-hybridized carbons (Fsp3) is 0.0800. The average Bonchev–Trinajstić information content (AvgIpc) is 3.07. The van der Waals surface area contributed by atoms with E-state index in [0.29, 0.717) is 42.1 Å². The van der Waals surface area contributed by atoms with Crippen molar-refractivity contribution in [1.29, 1.82) is 0 Å². The third-order valence-corrected chi connectivity index (χ3v) is 7.58. The molecule has 10 heteroatoms. The predicted octanol–water partition coefficient (Wildman–Crippen LogP) is 7.38. The molecule has 178 valence electrons. The summed E-state index contributed by atoms with van der Waals surface area (Å²) in [6.45, 7) is 0.305. The van der Waals surface area contributed by atoms with Gasteiger partial charge in [-0.3, -0.25) is 9.69 Å². The van der Waals surface area contributed by atoms with E-state index >= 15 is 0 Å². The van der Waals surface area contributed by atoms with Gasteiger partial charge in [0.1, 0.15) is 12.4 Å². The molecule has 0 bridgehead atoms. The zero-order chi connectivity index (χ0) is 25.1. The number of halogens is 3. The monoisotopic (exact) mass is 634 g/mol. The van der Waals surface area contributed by atoms with Crippen LogP contribution in [0.25, 0.3) is 6.08 Å². The van der Waals surface area contributed by atoms with E-state index < -0.39 is 5.97 Å². The van der Waals surface area contributed by atoms with Crippen LogP contribution in [0.15, 0.2) is 79.5 Å². The summed E-state index contributed by atoms with van der Waals surface area (Å²) in [5.74, 6) is -0.615. The Kier molecular flexibility index (Phi) is 8.01. The third kappa shape index (κ3) is 5.98. The number of hydrogen-bond acceptors (Lipinski definition) is 5. The zero-order valence-corrected chi connectivity index (χ0v) is 22.9. The van der Waals surface area contributed by atoms with Gasteiger partial charge in [0.05, 0.1) is 25.1 Å². The van der Waals surface area contributed by atoms with E-state index in [-0.39, 0.29) is 11.5 Å². The second-order valence-electron chi connectivity index (χ2n) is 7.42. The normalized spacial score (nSPS) is 15.8. The molecule has 35 heavy (non-hydrogen) atoms. The first-order valence-electron chi connectivity index (χ1n) is 10.2. The maximum atomic E-state index is 12.8. The van der Waals surface area contributed by atoms with Gasteiger partial charge in [-0.2, -0.15) is 0 Å². The van der Waals surface area contributed by atoms with E-state index in [1.807, 2.05) is 36.4 Å². The summed E-state index contributed by atoms with van der Waals surface area (Å²) in [7, 11) is 1.63. The molecule has 1 aliphatic rings. The highest BCUT2D eigenvalue weighted by atomic mass is 79.9. The van der Waals surface area contributed by atoms with Gasteiger partial charge in [-0.1, -0.05) is 35.9 Å². The van der Waals surface area contributed by atoms with Crippen LogP contribution < -0.4 is 4.74 Å². The SMILES string of the molecule is CN1C(=O)/C(=C/c2cc(Br)c(OCc3ccccc3Cl)c(Br)c2)SC1=Nc1cccc(C(=O)O)c1. The Hall–Kier alpha value is -2.59. The Balaban J connectivity index is 1.55. The number of thioether (sulfide) groups is 1. The minimum absolute atomic E-state index is 0.131. The smallest absolute Gasteiger partial charge is 0.335 e. The number of aromatic carboxylic acids is 1. The number of aliphatic imine (C=N–C) groups is 1. The molecule has 1 heterocycles. The largest absolute Gasteiger partial charge is 0.486 e. The summed E-state index contributed by atoms with van der Waals surface area (Å²) in [5, 5.41) is 10.3. The van der Waals surface area contributed by atoms with Crippen molar-refractivity contribution in [3.05, 3.63) is 96.2 Å². The van der Waals surface area contributed by atoms with Crippen LogP contribution in [0.2, 0.25) is 5.02 Å². The lowest BCUT2D eigenvalue weighted by Crippen LogP contribution is -2.23. The van der Waals surface area contributed by atoms with Crippen molar-refractivity contribution in [2.24, 2.45) is 4.99 Å². The van der Waals surface area contributed by atoms with Crippen molar-refractivity contribution in [2.45, 2.75) is 6.61 Å². The van der Waals surface area contributed by atoms with Crippen molar-refractivity contribution in [3.8, 4) is 5.75 Å². The fourth-order valence-electron chi connectivity index (χ4n) is 3.19. The number of hydrogen-bond donors (Lipinski definition) is 1. The summed E-state index contributed by atoms with van der Waals surface area (Å²) in [6.07, 6.45) is 1.77. The Bertz CT molecular complexity index is 1370. The molecule has 4 rings (SSSR count). The molecular weight excluding hydrogens is 620 g/mol. The first kappa shape index (κ1) is 25.5. The van der Waals surface area contributed by atoms with Gasteiger partial charge in [-0.25, -0.2) is 9.79 Å². The summed E-state index contributed by atoms with van der Waals surface area (Å²) in [4.78, 5) is 30.4. The quantitative estimate of drug-likeness (QED) is 0.286. The van der Waals surface area contributed by atoms with E-state index in [9.17, 15) is 14.7 Å². The molecule has 0 saturated carbocycles. The van der Waals surface area contributed by atoms with Crippen molar-refractivity contribution >= 4 is 84.0 Å². The van der Waals surface area contributed by atoms with Gasteiger partial charge in [0.2, 0.25) is 0 Å². The first-order chi connectivity index (χ1) is 16.7. The molecule has 1 amide bonds. The second-order valence-corrected chi connectivity index (χ2v) is 10.5. The van der Waals surface area contributed by atoms with Crippen LogP contribution in [-0.4, -0.2) is 34.1 Å². The van der Waals surface area contributed by atoms with Gasteiger partial charge >= 0.3 is 5.97 Å². The number of carbonyl (C=O) groups is 2. The molecule has 0 radical (unpaired) electrons. The Morgan fingerprint density at radius 2 is 1.86 bits per heavy atom. The average molecular weight is 637 g/mol. The maximum Gasteiger partial charge on any atom is 0.335 e. The summed E-state index contributed by atoms with van der Waals surface area (Å²) < 4.78 is 7.40. The van der Waals surface area contributed by atoms with E-state index in [1.165, 1.54) is 28.8 Å². The van der Waals surface area contributed by atoms with Crippen molar-refractivity contribution in [1.82, 2.24) is 4.90 Å². The zero-order valence-electron chi connectivity index (χ0n) is 18.2. The van der Waals surface area contributed by atoms with E-state index in [2.05, 4.69) is 36.9 Å². The molecule has 3 aromatic rings. The number of nitrogens with zero attached hydrogens (tertiary/aromatic N) is 2. The van der Waals surface area contributed by atoms with Gasteiger partial charge in [-0.05, 0) is 91.7 Å². The molecule has 1 aliphatic heterocycles. The molecule has 0 aliphatic carbocycles. The molecule has 0 atom stereocenters. The van der Waals surface area contributed by atoms with E-state index in [0.717, 1.165) is 11.1 Å². The maximum absolute atomic E-state index is 12.8. The minimum Gasteiger partial charge on any atom is -0.486 e. The van der Waals surface area contributed by atoms with Gasteiger partial charge in [0.25, 0.3) is 5.91 Å². The Labute approximate surface area is 227 Å². The molecule has 1 N–H and O–H groups in total. The van der Waals surface area contributed by atoms with Crippen LogP contribution in [0.4, 0.5) is 5.69 Å². The van der Waals surface area contributed by atoms with Crippen molar-refractivity contribution in [2.75, 3.05) is 7.05 Å². The Morgan fingerprint density at radius 3 is 2.54 bits per heavy atom. The van der Waals surface area contributed by atoms with Gasteiger partial charge in [-0.15, -0.1) is 0 Å². The summed E-state index contributed by atoms with van der Waals surface area (Å²) >= 11 is 14.5. The van der Waals surface area contributed by atoms with Crippen molar-refractivity contribution < 1.29 is 19.4 Å². The molecule has 0 unspecified atom stereocenters. The number of carbonyl (C=O) groups excluding carboxylic acids is 1. The lowest BCUT2D eigenvalue weighted by Gasteiger charge is -2.12. The molecule has 0 spiro atoms. The number of amides is 1. The topological polar surface area (TPSA) is 79.2 Å². The van der Waals surface area contributed by atoms with Crippen LogP contribution in [0.1, 0.15) is 21.5 Å². The first-order valence-corrected chi connectivity index (χ1v) is 13.0. The highest BCUT2D eigenvalue weighted by Gasteiger charge is 2.30. The molecule has 1 saturated heterocycles. The molecule has 3 aromatic carbocycles. The highest BCUT2D eigenvalue weighted by Crippen LogP contribution is 2.38. The van der Waals surface area contributed by atoms with Crippen LogP contribution in [-0.2, 0) is 11.4 Å². The number of rotatable bonds is 6. The fourth-order valence-corrected chi connectivity index (χ4v) is 5.82. The summed E-state index contributed by atoms with van der Waals surface area (Å²) in [6, 6.07) is 17.5. The molecule has 6 nitrogen and oxygen atoms in total. The standard InChI is InChI=1S/C25H17Br2ClN2O4S/c1-30-23(31)21(35-25(30)29-17-7-4-6-15(12-17)24(32)33)11-14-9-18(26)22(19(27)10-14)34-13-16-5-2-3-8-20(16)28/h2-12H,13H2,1H3,(H,32,33)/b21-11-,29-25?. The van der Waals surface area contributed by atoms with Crippen molar-refractivity contribution in [3.63, 3.8) is 0 Å². The van der Waals surface area contributed by atoms with E-state index in [1.54, 1.807) is 25.3 Å². The number of carboxylic acid groups (broad SMARTS) is 1. The molecule has 0 aromatic heterocycles. The number of benzene rings is 3. The lowest BCUT2D eigenvalue weighted by atomic mass is 10.2. The van der Waals surface area contributed by atoms with E-state index in [4.69, 9.17) is 16.3 Å². The van der Waals surface area contributed by atoms with Gasteiger partial charge in [0.15, 0.2) is 5.17 Å². The number of amidine groups is 1. The van der Waals surface area contributed by atoms with Gasteiger partial charge in [0, 0.05) is 17.6 Å². The number of ether oxygens (including phenoxy) is 1. The lowest BCUT2D eigenvalue weighted by molar-refractivity contribution is -0.121. The molecular formula is C25H17Br2ClN2O4S. The Morgan fingerprint density at radius 1 is 1.14 bits per heavy atom. The van der Waals surface area contributed by atoms with Crippen LogP contribution >= 0.6 is 55.2 Å². The van der Waals surface area contributed by atoms with Gasteiger partial charge < -0.3 is 9.84 Å². The van der Waals surface area contributed by atoms with Crippen LogP contribution in [0, 0.1) is 0 Å².